The van der Waals surface area contributed by atoms with Crippen LogP contribution in [0.25, 0.3) is 11.1 Å². The summed E-state index contributed by atoms with van der Waals surface area (Å²) in [7, 11) is 0. The summed E-state index contributed by atoms with van der Waals surface area (Å²) in [5, 5.41) is 14.5. The molecule has 1 aliphatic rings. The summed E-state index contributed by atoms with van der Waals surface area (Å²) >= 11 is 0. The third-order valence-corrected chi connectivity index (χ3v) is 5.11. The van der Waals surface area contributed by atoms with E-state index in [4.69, 9.17) is 10.5 Å². The van der Waals surface area contributed by atoms with Gasteiger partial charge in [-0.15, -0.1) is 0 Å². The average molecular weight is 386 g/mol. The molecule has 0 aliphatic carbocycles. The van der Waals surface area contributed by atoms with Crippen molar-refractivity contribution in [1.82, 2.24) is 14.7 Å². The van der Waals surface area contributed by atoms with E-state index in [0.717, 1.165) is 22.5 Å². The Morgan fingerprint density at radius 2 is 2.11 bits per heavy atom. The number of rotatable bonds is 6. The first-order chi connectivity index (χ1) is 13.3. The van der Waals surface area contributed by atoms with E-state index in [0.29, 0.717) is 18.7 Å². The molecule has 0 bridgehead atoms. The van der Waals surface area contributed by atoms with E-state index < -0.39 is 12.0 Å². The molecule has 1 saturated heterocycles. The molecule has 1 aromatic heterocycles. The molecule has 28 heavy (non-hydrogen) atoms. The second-order valence-electron chi connectivity index (χ2n) is 7.01. The Morgan fingerprint density at radius 3 is 2.71 bits per heavy atom. The first-order valence-electron chi connectivity index (χ1n) is 9.33. The number of amides is 2. The Bertz CT molecular complexity index is 892. The summed E-state index contributed by atoms with van der Waals surface area (Å²) in [5.74, 6) is -0.615. The van der Waals surface area contributed by atoms with E-state index in [1.807, 2.05) is 39.0 Å². The molecule has 150 valence electrons. The van der Waals surface area contributed by atoms with Gasteiger partial charge in [0, 0.05) is 23.4 Å². The Morgan fingerprint density at radius 1 is 1.36 bits per heavy atom. The third-order valence-electron chi connectivity index (χ3n) is 5.11. The number of aryl methyl sites for hydroxylation is 1. The number of hydrogen-bond donors (Lipinski definition) is 2. The summed E-state index contributed by atoms with van der Waals surface area (Å²) < 4.78 is 6.88. The third kappa shape index (κ3) is 3.79. The van der Waals surface area contributed by atoms with Crippen molar-refractivity contribution in [2.24, 2.45) is 5.73 Å². The number of carbonyl (C=O) groups is 2. The topological polar surface area (TPSA) is 111 Å². The summed E-state index contributed by atoms with van der Waals surface area (Å²) in [5.41, 5.74) is 9.12. The zero-order valence-corrected chi connectivity index (χ0v) is 16.4. The van der Waals surface area contributed by atoms with Crippen molar-refractivity contribution in [3.05, 3.63) is 41.2 Å². The number of nitrogens with zero attached hydrogens (tertiary/aromatic N) is 3. The molecular formula is C20H26N4O4. The number of aromatic nitrogens is 2. The van der Waals surface area contributed by atoms with Crippen molar-refractivity contribution in [2.75, 3.05) is 19.8 Å². The molecule has 8 nitrogen and oxygen atoms in total. The molecule has 8 heteroatoms. The lowest BCUT2D eigenvalue weighted by molar-refractivity contribution is -0.118. The lowest BCUT2D eigenvalue weighted by Gasteiger charge is -2.29. The van der Waals surface area contributed by atoms with Gasteiger partial charge < -0.3 is 20.5 Å². The van der Waals surface area contributed by atoms with Crippen LogP contribution in [0.2, 0.25) is 0 Å². The van der Waals surface area contributed by atoms with Gasteiger partial charge in [0.1, 0.15) is 6.54 Å². The Kier molecular flexibility index (Phi) is 5.81. The van der Waals surface area contributed by atoms with E-state index in [1.165, 1.54) is 0 Å². The van der Waals surface area contributed by atoms with Crippen LogP contribution in [-0.4, -0.2) is 63.5 Å². The number of primary amides is 1. The highest BCUT2D eigenvalue weighted by Crippen LogP contribution is 2.28. The number of benzene rings is 1. The molecule has 0 radical (unpaired) electrons. The van der Waals surface area contributed by atoms with Gasteiger partial charge in [-0.2, -0.15) is 5.10 Å². The Balaban J connectivity index is 1.93. The largest absolute Gasteiger partial charge is 0.388 e. The molecule has 2 aromatic rings. The van der Waals surface area contributed by atoms with E-state index in [-0.39, 0.29) is 25.1 Å². The van der Waals surface area contributed by atoms with Crippen molar-refractivity contribution in [1.29, 1.82) is 0 Å². The van der Waals surface area contributed by atoms with E-state index >= 15 is 0 Å². The summed E-state index contributed by atoms with van der Waals surface area (Å²) in [6, 6.07) is 6.96. The molecule has 1 fully saturated rings. The Hall–Kier alpha value is -2.71. The SMILES string of the molecule is CCN(C(=O)c1cccc(-c2c(C)nn(CC(N)=O)c2C)c1)[C@@H]1COC[C@H]1O. The predicted molar refractivity (Wildman–Crippen MR) is 104 cm³/mol. The van der Waals surface area contributed by atoms with Gasteiger partial charge in [0.25, 0.3) is 5.91 Å². The summed E-state index contributed by atoms with van der Waals surface area (Å²) in [6.45, 7) is 6.67. The van der Waals surface area contributed by atoms with Gasteiger partial charge in [0.2, 0.25) is 5.91 Å². The van der Waals surface area contributed by atoms with Crippen LogP contribution in [0.4, 0.5) is 0 Å². The first kappa shape index (κ1) is 20.0. The number of ether oxygens (including phenoxy) is 1. The van der Waals surface area contributed by atoms with Crippen LogP contribution >= 0.6 is 0 Å². The van der Waals surface area contributed by atoms with Gasteiger partial charge in [0.05, 0.1) is 31.1 Å². The van der Waals surface area contributed by atoms with Crippen molar-refractivity contribution in [3.8, 4) is 11.1 Å². The zero-order valence-electron chi connectivity index (χ0n) is 16.4. The highest BCUT2D eigenvalue weighted by atomic mass is 16.5. The summed E-state index contributed by atoms with van der Waals surface area (Å²) in [4.78, 5) is 26.0. The normalized spacial score (nSPS) is 19.0. The fourth-order valence-electron chi connectivity index (χ4n) is 3.75. The van der Waals surface area contributed by atoms with Crippen molar-refractivity contribution < 1.29 is 19.4 Å². The van der Waals surface area contributed by atoms with Crippen LogP contribution in [-0.2, 0) is 16.1 Å². The number of aliphatic hydroxyl groups is 1. The minimum absolute atomic E-state index is 0.00841. The highest BCUT2D eigenvalue weighted by molar-refractivity contribution is 5.96. The number of carbonyl (C=O) groups excluding carboxylic acids is 2. The molecule has 3 N–H and O–H groups in total. The second-order valence-corrected chi connectivity index (χ2v) is 7.01. The molecule has 2 heterocycles. The number of hydrogen-bond acceptors (Lipinski definition) is 5. The maximum Gasteiger partial charge on any atom is 0.254 e. The van der Waals surface area contributed by atoms with Gasteiger partial charge >= 0.3 is 0 Å². The minimum Gasteiger partial charge on any atom is -0.388 e. The molecule has 0 unspecified atom stereocenters. The number of nitrogens with two attached hydrogens (primary N) is 1. The van der Waals surface area contributed by atoms with Gasteiger partial charge in [0.15, 0.2) is 0 Å². The maximum absolute atomic E-state index is 13.1. The van der Waals surface area contributed by atoms with E-state index in [9.17, 15) is 14.7 Å². The molecule has 2 atom stereocenters. The van der Waals surface area contributed by atoms with Crippen LogP contribution in [0.1, 0.15) is 28.7 Å². The minimum atomic E-state index is -0.677. The predicted octanol–water partition coefficient (Wildman–Crippen LogP) is 0.874. The van der Waals surface area contributed by atoms with Crippen molar-refractivity contribution in [2.45, 2.75) is 39.5 Å². The molecule has 1 aliphatic heterocycles. The number of likely N-dealkylation sites (N-methyl/N-ethyl adjacent to an activating group) is 1. The average Bonchev–Trinajstić information content (AvgIpc) is 3.18. The van der Waals surface area contributed by atoms with Crippen LogP contribution in [0.5, 0.6) is 0 Å². The quantitative estimate of drug-likeness (QED) is 0.765. The maximum atomic E-state index is 13.1. The van der Waals surface area contributed by atoms with Crippen LogP contribution in [0.3, 0.4) is 0 Å². The second kappa shape index (κ2) is 8.12. The summed E-state index contributed by atoms with van der Waals surface area (Å²) in [6.07, 6.45) is -0.677. The highest BCUT2D eigenvalue weighted by Gasteiger charge is 2.34. The fraction of sp³-hybridized carbons (Fsp3) is 0.450. The van der Waals surface area contributed by atoms with Crippen LogP contribution in [0.15, 0.2) is 24.3 Å². The van der Waals surface area contributed by atoms with Gasteiger partial charge in [-0.1, -0.05) is 12.1 Å². The molecular weight excluding hydrogens is 360 g/mol. The van der Waals surface area contributed by atoms with Gasteiger partial charge in [-0.25, -0.2) is 0 Å². The molecule has 3 rings (SSSR count). The standard InChI is InChI=1S/C20H26N4O4/c1-4-23(16-10-28-11-17(16)25)20(27)15-7-5-6-14(8-15)19-12(2)22-24(13(19)3)9-18(21)26/h5-8,16-17,25H,4,9-11H2,1-3H3,(H2,21,26)/t16-,17-/m1/s1. The molecule has 2 amide bonds. The molecule has 1 aromatic carbocycles. The van der Waals surface area contributed by atoms with E-state index in [2.05, 4.69) is 5.10 Å². The lowest BCUT2D eigenvalue weighted by Crippen LogP contribution is -2.46. The Labute approximate surface area is 163 Å². The fourth-order valence-corrected chi connectivity index (χ4v) is 3.75. The lowest BCUT2D eigenvalue weighted by atomic mass is 10.0. The number of aliphatic hydroxyl groups excluding tert-OH is 1. The van der Waals surface area contributed by atoms with E-state index in [1.54, 1.807) is 15.6 Å². The van der Waals surface area contributed by atoms with Crippen molar-refractivity contribution in [3.63, 3.8) is 0 Å². The monoisotopic (exact) mass is 386 g/mol. The first-order valence-corrected chi connectivity index (χ1v) is 9.33. The van der Waals surface area contributed by atoms with Gasteiger partial charge in [-0.05, 0) is 38.5 Å². The smallest absolute Gasteiger partial charge is 0.254 e. The molecule has 0 spiro atoms. The van der Waals surface area contributed by atoms with Crippen LogP contribution < -0.4 is 5.73 Å². The van der Waals surface area contributed by atoms with Gasteiger partial charge in [-0.3, -0.25) is 14.3 Å². The van der Waals surface area contributed by atoms with Crippen LogP contribution in [0, 0.1) is 13.8 Å². The molecule has 0 saturated carbocycles. The zero-order chi connectivity index (χ0) is 20.4. The van der Waals surface area contributed by atoms with Crippen molar-refractivity contribution >= 4 is 11.8 Å².